The SMILES string of the molecule is c1cnc(NCCCCn2ccnc2)cn1. The van der Waals surface area contributed by atoms with E-state index in [-0.39, 0.29) is 0 Å². The highest BCUT2D eigenvalue weighted by molar-refractivity contribution is 5.29. The van der Waals surface area contributed by atoms with E-state index in [4.69, 9.17) is 0 Å². The van der Waals surface area contributed by atoms with E-state index in [2.05, 4.69) is 24.8 Å². The summed E-state index contributed by atoms with van der Waals surface area (Å²) in [5.41, 5.74) is 0. The highest BCUT2D eigenvalue weighted by Gasteiger charge is 1.93. The lowest BCUT2D eigenvalue weighted by atomic mass is 10.3. The van der Waals surface area contributed by atoms with E-state index in [1.54, 1.807) is 24.8 Å². The molecule has 0 aromatic carbocycles. The molecule has 0 radical (unpaired) electrons. The van der Waals surface area contributed by atoms with Crippen LogP contribution in [0.4, 0.5) is 5.82 Å². The largest absolute Gasteiger partial charge is 0.369 e. The van der Waals surface area contributed by atoms with E-state index in [0.717, 1.165) is 31.7 Å². The van der Waals surface area contributed by atoms with Gasteiger partial charge in [0.1, 0.15) is 5.82 Å². The first-order chi connectivity index (χ1) is 7.95. The number of unbranched alkanes of at least 4 members (excludes halogenated alkanes) is 1. The Balaban J connectivity index is 1.59. The predicted molar refractivity (Wildman–Crippen MR) is 62.0 cm³/mol. The highest BCUT2D eigenvalue weighted by atomic mass is 15.0. The first-order valence-corrected chi connectivity index (χ1v) is 5.41. The Morgan fingerprint density at radius 3 is 2.88 bits per heavy atom. The third kappa shape index (κ3) is 3.34. The zero-order valence-electron chi connectivity index (χ0n) is 9.08. The molecule has 0 unspecified atom stereocenters. The number of hydrogen-bond donors (Lipinski definition) is 1. The average molecular weight is 217 g/mol. The number of aromatic nitrogens is 4. The molecule has 84 valence electrons. The van der Waals surface area contributed by atoms with E-state index in [1.165, 1.54) is 0 Å². The maximum Gasteiger partial charge on any atom is 0.144 e. The third-order valence-electron chi connectivity index (χ3n) is 2.27. The lowest BCUT2D eigenvalue weighted by molar-refractivity contribution is 0.620. The Bertz CT molecular complexity index is 384. The van der Waals surface area contributed by atoms with Crippen LogP contribution in [0.2, 0.25) is 0 Å². The minimum atomic E-state index is 0.838. The first kappa shape index (κ1) is 10.6. The molecule has 0 spiro atoms. The van der Waals surface area contributed by atoms with E-state index in [9.17, 15) is 0 Å². The third-order valence-corrected chi connectivity index (χ3v) is 2.27. The number of nitrogens with zero attached hydrogens (tertiary/aromatic N) is 4. The van der Waals surface area contributed by atoms with E-state index >= 15 is 0 Å². The minimum Gasteiger partial charge on any atom is -0.369 e. The summed E-state index contributed by atoms with van der Waals surface area (Å²) in [5.74, 6) is 0.838. The standard InChI is InChI=1S/C11H15N5/c1(2-7-16-8-6-13-10-16)3-14-11-9-12-4-5-15-11/h4-6,8-10H,1-3,7H2,(H,14,15). The molecule has 0 aliphatic carbocycles. The summed E-state index contributed by atoms with van der Waals surface area (Å²) in [6.07, 6.45) is 13.0. The molecule has 0 aliphatic rings. The number of nitrogens with one attached hydrogen (secondary N) is 1. The molecule has 0 aliphatic heterocycles. The summed E-state index contributed by atoms with van der Waals surface area (Å²) < 4.78 is 2.09. The van der Waals surface area contributed by atoms with E-state index in [0.29, 0.717) is 0 Å². The summed E-state index contributed by atoms with van der Waals surface area (Å²) in [6, 6.07) is 0. The number of anilines is 1. The number of imidazole rings is 1. The Morgan fingerprint density at radius 2 is 2.12 bits per heavy atom. The van der Waals surface area contributed by atoms with Crippen molar-refractivity contribution in [3.63, 3.8) is 0 Å². The van der Waals surface area contributed by atoms with Crippen LogP contribution in [-0.2, 0) is 6.54 Å². The normalized spacial score (nSPS) is 10.2. The molecule has 0 bridgehead atoms. The second-order valence-electron chi connectivity index (χ2n) is 3.53. The van der Waals surface area contributed by atoms with Gasteiger partial charge in [-0.2, -0.15) is 0 Å². The molecule has 5 nitrogen and oxygen atoms in total. The molecule has 0 amide bonds. The van der Waals surface area contributed by atoms with Gasteiger partial charge in [0.2, 0.25) is 0 Å². The van der Waals surface area contributed by atoms with Crippen molar-refractivity contribution < 1.29 is 0 Å². The molecule has 2 aromatic heterocycles. The molecular formula is C11H15N5. The molecule has 0 saturated carbocycles. The van der Waals surface area contributed by atoms with Crippen LogP contribution in [0.3, 0.4) is 0 Å². The molecule has 2 rings (SSSR count). The van der Waals surface area contributed by atoms with Gasteiger partial charge in [0.05, 0.1) is 12.5 Å². The highest BCUT2D eigenvalue weighted by Crippen LogP contribution is 1.99. The first-order valence-electron chi connectivity index (χ1n) is 5.41. The minimum absolute atomic E-state index is 0.838. The molecule has 5 heteroatoms. The number of rotatable bonds is 6. The molecule has 2 aromatic rings. The maximum atomic E-state index is 4.14. The van der Waals surface area contributed by atoms with Crippen LogP contribution in [0, 0.1) is 0 Å². The fraction of sp³-hybridized carbons (Fsp3) is 0.364. The Morgan fingerprint density at radius 1 is 1.12 bits per heavy atom. The number of hydrogen-bond acceptors (Lipinski definition) is 4. The molecule has 16 heavy (non-hydrogen) atoms. The van der Waals surface area contributed by atoms with Gasteiger partial charge < -0.3 is 9.88 Å². The average Bonchev–Trinajstić information content (AvgIpc) is 2.83. The Kier molecular flexibility index (Phi) is 3.87. The number of aryl methyl sites for hydroxylation is 1. The predicted octanol–water partition coefficient (Wildman–Crippen LogP) is 1.57. The van der Waals surface area contributed by atoms with Gasteiger partial charge in [-0.3, -0.25) is 4.98 Å². The van der Waals surface area contributed by atoms with Crippen LogP contribution in [0.1, 0.15) is 12.8 Å². The quantitative estimate of drug-likeness (QED) is 0.746. The van der Waals surface area contributed by atoms with Gasteiger partial charge in [0.25, 0.3) is 0 Å². The summed E-state index contributed by atoms with van der Waals surface area (Å²) in [5, 5.41) is 3.23. The van der Waals surface area contributed by atoms with Gasteiger partial charge >= 0.3 is 0 Å². The monoisotopic (exact) mass is 217 g/mol. The van der Waals surface area contributed by atoms with Crippen molar-refractivity contribution in [3.8, 4) is 0 Å². The van der Waals surface area contributed by atoms with Crippen molar-refractivity contribution in [2.45, 2.75) is 19.4 Å². The molecule has 2 heterocycles. The van der Waals surface area contributed by atoms with Crippen molar-refractivity contribution in [1.82, 2.24) is 19.5 Å². The van der Waals surface area contributed by atoms with Crippen molar-refractivity contribution in [3.05, 3.63) is 37.3 Å². The van der Waals surface area contributed by atoms with Crippen LogP contribution >= 0.6 is 0 Å². The van der Waals surface area contributed by atoms with E-state index in [1.807, 2.05) is 12.5 Å². The molecule has 0 atom stereocenters. The van der Waals surface area contributed by atoms with Crippen LogP contribution in [0.15, 0.2) is 37.3 Å². The summed E-state index contributed by atoms with van der Waals surface area (Å²) in [7, 11) is 0. The van der Waals surface area contributed by atoms with Crippen LogP contribution < -0.4 is 5.32 Å². The lowest BCUT2D eigenvalue weighted by Gasteiger charge is -2.04. The van der Waals surface area contributed by atoms with Crippen molar-refractivity contribution in [2.75, 3.05) is 11.9 Å². The zero-order valence-corrected chi connectivity index (χ0v) is 9.08. The van der Waals surface area contributed by atoms with Gasteiger partial charge in [-0.05, 0) is 12.8 Å². The summed E-state index contributed by atoms with van der Waals surface area (Å²) in [4.78, 5) is 12.1. The lowest BCUT2D eigenvalue weighted by Crippen LogP contribution is -2.05. The van der Waals surface area contributed by atoms with Crippen LogP contribution in [-0.4, -0.2) is 26.1 Å². The van der Waals surface area contributed by atoms with E-state index < -0.39 is 0 Å². The fourth-order valence-corrected chi connectivity index (χ4v) is 1.45. The smallest absolute Gasteiger partial charge is 0.144 e. The fourth-order valence-electron chi connectivity index (χ4n) is 1.45. The van der Waals surface area contributed by atoms with Gasteiger partial charge in [0.15, 0.2) is 0 Å². The van der Waals surface area contributed by atoms with Gasteiger partial charge in [-0.25, -0.2) is 9.97 Å². The second-order valence-corrected chi connectivity index (χ2v) is 3.53. The maximum absolute atomic E-state index is 4.14. The van der Waals surface area contributed by atoms with Gasteiger partial charge in [0, 0.05) is 37.9 Å². The summed E-state index contributed by atoms with van der Waals surface area (Å²) in [6.45, 7) is 1.94. The van der Waals surface area contributed by atoms with Crippen LogP contribution in [0.5, 0.6) is 0 Å². The zero-order chi connectivity index (χ0) is 11.1. The Hall–Kier alpha value is -1.91. The second kappa shape index (κ2) is 5.85. The van der Waals surface area contributed by atoms with Crippen molar-refractivity contribution in [2.24, 2.45) is 0 Å². The summed E-state index contributed by atoms with van der Waals surface area (Å²) >= 11 is 0. The van der Waals surface area contributed by atoms with Crippen molar-refractivity contribution in [1.29, 1.82) is 0 Å². The molecular weight excluding hydrogens is 202 g/mol. The van der Waals surface area contributed by atoms with Gasteiger partial charge in [-0.1, -0.05) is 0 Å². The molecule has 1 N–H and O–H groups in total. The topological polar surface area (TPSA) is 55.6 Å². The Labute approximate surface area is 94.6 Å². The molecule has 0 saturated heterocycles. The van der Waals surface area contributed by atoms with Crippen molar-refractivity contribution >= 4 is 5.82 Å². The van der Waals surface area contributed by atoms with Gasteiger partial charge in [-0.15, -0.1) is 0 Å². The van der Waals surface area contributed by atoms with Crippen LogP contribution in [0.25, 0.3) is 0 Å². The molecule has 0 fully saturated rings.